The topological polar surface area (TPSA) is 54.1 Å². The molecular weight excluding hydrogens is 288 g/mol. The first-order valence-electron chi connectivity index (χ1n) is 6.40. The number of para-hydroxylation sites is 2. The zero-order chi connectivity index (χ0) is 14.8. The molecule has 1 amide bonds. The highest BCUT2D eigenvalue weighted by Crippen LogP contribution is 2.25. The van der Waals surface area contributed by atoms with Crippen LogP contribution in [-0.2, 0) is 0 Å². The zero-order valence-corrected chi connectivity index (χ0v) is 12.1. The number of fused-ring (bicyclic) bond motifs is 1. The Labute approximate surface area is 126 Å². The maximum Gasteiger partial charge on any atom is 0.272 e. The Balaban J connectivity index is 1.90. The van der Waals surface area contributed by atoms with Gasteiger partial charge in [0.1, 0.15) is 11.4 Å². The number of carbonyl (C=O) groups is 1. The number of benzene rings is 2. The monoisotopic (exact) mass is 300 g/mol. The van der Waals surface area contributed by atoms with Crippen molar-refractivity contribution in [2.24, 2.45) is 0 Å². The first-order chi connectivity index (χ1) is 10.2. The van der Waals surface area contributed by atoms with Crippen molar-refractivity contribution in [1.29, 1.82) is 0 Å². The molecule has 5 heteroatoms. The average molecular weight is 301 g/mol. The van der Waals surface area contributed by atoms with E-state index in [4.69, 9.17) is 16.3 Å². The van der Waals surface area contributed by atoms with E-state index < -0.39 is 0 Å². The lowest BCUT2D eigenvalue weighted by molar-refractivity contribution is 0.102. The summed E-state index contributed by atoms with van der Waals surface area (Å²) in [6.07, 6.45) is 0. The van der Waals surface area contributed by atoms with Gasteiger partial charge in [-0.2, -0.15) is 0 Å². The van der Waals surface area contributed by atoms with Crippen LogP contribution in [0.25, 0.3) is 10.9 Å². The first kappa shape index (κ1) is 13.5. The molecule has 0 saturated carbocycles. The third-order valence-corrected chi connectivity index (χ3v) is 3.42. The third-order valence-electron chi connectivity index (χ3n) is 3.18. The molecule has 0 unspecified atom stereocenters. The minimum Gasteiger partial charge on any atom is -0.495 e. The van der Waals surface area contributed by atoms with E-state index in [-0.39, 0.29) is 5.91 Å². The molecule has 0 aliphatic carbocycles. The normalized spacial score (nSPS) is 10.6. The third kappa shape index (κ3) is 2.71. The van der Waals surface area contributed by atoms with Gasteiger partial charge in [0.15, 0.2) is 0 Å². The number of halogens is 1. The van der Waals surface area contributed by atoms with E-state index in [1.807, 2.05) is 18.2 Å². The number of amides is 1. The predicted molar refractivity (Wildman–Crippen MR) is 84.3 cm³/mol. The fraction of sp³-hybridized carbons (Fsp3) is 0.0625. The summed E-state index contributed by atoms with van der Waals surface area (Å²) in [5, 5.41) is 4.39. The van der Waals surface area contributed by atoms with Crippen LogP contribution in [0.15, 0.2) is 48.5 Å². The molecule has 106 valence electrons. The lowest BCUT2D eigenvalue weighted by Crippen LogP contribution is -2.12. The summed E-state index contributed by atoms with van der Waals surface area (Å²) in [4.78, 5) is 15.4. The number of hydrogen-bond acceptors (Lipinski definition) is 2. The molecule has 0 aliphatic heterocycles. The van der Waals surface area contributed by atoms with Gasteiger partial charge < -0.3 is 15.0 Å². The molecule has 3 rings (SSSR count). The Kier molecular flexibility index (Phi) is 3.54. The van der Waals surface area contributed by atoms with Crippen LogP contribution in [-0.4, -0.2) is 18.0 Å². The van der Waals surface area contributed by atoms with Crippen LogP contribution in [0.5, 0.6) is 5.75 Å². The molecule has 3 aromatic rings. The molecule has 1 heterocycles. The highest BCUT2D eigenvalue weighted by molar-refractivity contribution is 6.31. The van der Waals surface area contributed by atoms with E-state index in [9.17, 15) is 4.79 Å². The second-order valence-electron chi connectivity index (χ2n) is 4.57. The highest BCUT2D eigenvalue weighted by Gasteiger charge is 2.12. The van der Waals surface area contributed by atoms with Crippen molar-refractivity contribution in [3.8, 4) is 5.75 Å². The van der Waals surface area contributed by atoms with Gasteiger partial charge in [0.05, 0.1) is 12.8 Å². The molecule has 0 spiro atoms. The molecule has 0 aliphatic rings. The molecular formula is C16H13ClN2O2. The van der Waals surface area contributed by atoms with Crippen molar-refractivity contribution in [3.63, 3.8) is 0 Å². The Hall–Kier alpha value is -2.46. The standard InChI is InChI=1S/C16H13ClN2O2/c1-21-15-5-3-2-4-12(15)19-16(20)14-8-10-6-7-11(17)9-13(10)18-14/h2-9,18H,1H3,(H,19,20). The Morgan fingerprint density at radius 1 is 1.19 bits per heavy atom. The van der Waals surface area contributed by atoms with Crippen LogP contribution >= 0.6 is 11.6 Å². The van der Waals surface area contributed by atoms with Crippen molar-refractivity contribution in [1.82, 2.24) is 4.98 Å². The molecule has 0 radical (unpaired) electrons. The Bertz CT molecular complexity index is 811. The fourth-order valence-corrected chi connectivity index (χ4v) is 2.33. The van der Waals surface area contributed by atoms with Gasteiger partial charge in [-0.25, -0.2) is 0 Å². The van der Waals surface area contributed by atoms with Crippen molar-refractivity contribution in [2.75, 3.05) is 12.4 Å². The molecule has 1 aromatic heterocycles. The zero-order valence-electron chi connectivity index (χ0n) is 11.3. The summed E-state index contributed by atoms with van der Waals surface area (Å²) in [5.74, 6) is 0.386. The number of H-pyrrole nitrogens is 1. The van der Waals surface area contributed by atoms with Crippen molar-refractivity contribution in [2.45, 2.75) is 0 Å². The SMILES string of the molecule is COc1ccccc1NC(=O)c1cc2ccc(Cl)cc2[nH]1. The lowest BCUT2D eigenvalue weighted by Gasteiger charge is -2.08. The number of aromatic nitrogens is 1. The fourth-order valence-electron chi connectivity index (χ4n) is 2.16. The van der Waals surface area contributed by atoms with E-state index in [0.29, 0.717) is 22.2 Å². The first-order valence-corrected chi connectivity index (χ1v) is 6.78. The smallest absolute Gasteiger partial charge is 0.272 e. The minimum absolute atomic E-state index is 0.230. The van der Waals surface area contributed by atoms with Crippen LogP contribution in [0, 0.1) is 0 Å². The summed E-state index contributed by atoms with van der Waals surface area (Å²) in [6, 6.07) is 14.5. The number of nitrogens with one attached hydrogen (secondary N) is 2. The summed E-state index contributed by atoms with van der Waals surface area (Å²) in [6.45, 7) is 0. The largest absolute Gasteiger partial charge is 0.495 e. The van der Waals surface area contributed by atoms with Crippen LogP contribution in [0.3, 0.4) is 0 Å². The molecule has 0 atom stereocenters. The van der Waals surface area contributed by atoms with Gasteiger partial charge in [0.2, 0.25) is 0 Å². The van der Waals surface area contributed by atoms with Crippen LogP contribution in [0.4, 0.5) is 5.69 Å². The number of hydrogen-bond donors (Lipinski definition) is 2. The van der Waals surface area contributed by atoms with Gasteiger partial charge in [-0.3, -0.25) is 4.79 Å². The minimum atomic E-state index is -0.230. The number of rotatable bonds is 3. The van der Waals surface area contributed by atoms with E-state index in [0.717, 1.165) is 10.9 Å². The van der Waals surface area contributed by atoms with E-state index in [1.54, 1.807) is 37.4 Å². The summed E-state index contributed by atoms with van der Waals surface area (Å²) in [7, 11) is 1.57. The maximum atomic E-state index is 12.3. The molecule has 2 aromatic carbocycles. The van der Waals surface area contributed by atoms with Gasteiger partial charge in [0, 0.05) is 15.9 Å². The quantitative estimate of drug-likeness (QED) is 0.765. The van der Waals surface area contributed by atoms with Gasteiger partial charge in [0.25, 0.3) is 5.91 Å². The van der Waals surface area contributed by atoms with Gasteiger partial charge in [-0.05, 0) is 30.3 Å². The predicted octanol–water partition coefficient (Wildman–Crippen LogP) is 4.08. The molecule has 21 heavy (non-hydrogen) atoms. The van der Waals surface area contributed by atoms with Crippen LogP contribution in [0.2, 0.25) is 5.02 Å². The molecule has 0 fully saturated rings. The second kappa shape index (κ2) is 5.50. The van der Waals surface area contributed by atoms with Gasteiger partial charge in [-0.15, -0.1) is 0 Å². The average Bonchev–Trinajstić information content (AvgIpc) is 2.91. The molecule has 2 N–H and O–H groups in total. The number of methoxy groups -OCH3 is 1. The highest BCUT2D eigenvalue weighted by atomic mass is 35.5. The van der Waals surface area contributed by atoms with Crippen molar-refractivity contribution in [3.05, 3.63) is 59.2 Å². The van der Waals surface area contributed by atoms with Crippen molar-refractivity contribution < 1.29 is 9.53 Å². The van der Waals surface area contributed by atoms with E-state index in [2.05, 4.69) is 10.3 Å². The summed E-state index contributed by atoms with van der Waals surface area (Å²) in [5.41, 5.74) is 1.92. The Morgan fingerprint density at radius 3 is 2.81 bits per heavy atom. The van der Waals surface area contributed by atoms with Gasteiger partial charge in [-0.1, -0.05) is 29.8 Å². The number of carbonyl (C=O) groups excluding carboxylic acids is 1. The van der Waals surface area contributed by atoms with Gasteiger partial charge >= 0.3 is 0 Å². The summed E-state index contributed by atoms with van der Waals surface area (Å²) >= 11 is 5.94. The number of ether oxygens (including phenoxy) is 1. The van der Waals surface area contributed by atoms with Crippen molar-refractivity contribution >= 4 is 34.1 Å². The molecule has 0 bridgehead atoms. The number of aromatic amines is 1. The van der Waals surface area contributed by atoms with Crippen LogP contribution < -0.4 is 10.1 Å². The molecule has 0 saturated heterocycles. The second-order valence-corrected chi connectivity index (χ2v) is 5.01. The van der Waals surface area contributed by atoms with E-state index in [1.165, 1.54) is 0 Å². The lowest BCUT2D eigenvalue weighted by atomic mass is 10.2. The number of anilines is 1. The van der Waals surface area contributed by atoms with E-state index >= 15 is 0 Å². The Morgan fingerprint density at radius 2 is 2.00 bits per heavy atom. The summed E-state index contributed by atoms with van der Waals surface area (Å²) < 4.78 is 5.21. The maximum absolute atomic E-state index is 12.3. The van der Waals surface area contributed by atoms with Crippen LogP contribution in [0.1, 0.15) is 10.5 Å². The molecule has 4 nitrogen and oxygen atoms in total.